The van der Waals surface area contributed by atoms with Crippen molar-refractivity contribution in [2.75, 3.05) is 12.9 Å². The molecule has 3 heteroatoms. The van der Waals surface area contributed by atoms with E-state index in [0.29, 0.717) is 5.56 Å². The SMILES string of the molecule is CCCCCCCCCCCCSc1ccc(C(=O)OC)cc1. The second-order valence-corrected chi connectivity index (χ2v) is 7.21. The van der Waals surface area contributed by atoms with Gasteiger partial charge in [0.05, 0.1) is 12.7 Å². The molecule has 0 bridgehead atoms. The molecule has 0 aromatic heterocycles. The summed E-state index contributed by atoms with van der Waals surface area (Å²) in [5.41, 5.74) is 0.621. The minimum absolute atomic E-state index is 0.267. The first kappa shape index (κ1) is 20.1. The zero-order valence-electron chi connectivity index (χ0n) is 14.8. The van der Waals surface area contributed by atoms with Gasteiger partial charge in [-0.15, -0.1) is 11.8 Å². The highest BCUT2D eigenvalue weighted by atomic mass is 32.2. The van der Waals surface area contributed by atoms with Crippen LogP contribution in [-0.2, 0) is 4.74 Å². The van der Waals surface area contributed by atoms with Crippen LogP contribution in [0, 0.1) is 0 Å². The van der Waals surface area contributed by atoms with E-state index in [2.05, 4.69) is 6.92 Å². The number of unbranched alkanes of at least 4 members (excludes halogenated alkanes) is 9. The first-order chi connectivity index (χ1) is 11.3. The van der Waals surface area contributed by atoms with Crippen LogP contribution in [0.5, 0.6) is 0 Å². The number of thioether (sulfide) groups is 1. The fourth-order valence-corrected chi connectivity index (χ4v) is 3.50. The number of hydrogen-bond acceptors (Lipinski definition) is 3. The van der Waals surface area contributed by atoms with Crippen molar-refractivity contribution < 1.29 is 9.53 Å². The van der Waals surface area contributed by atoms with Crippen LogP contribution in [0.4, 0.5) is 0 Å². The lowest BCUT2D eigenvalue weighted by Crippen LogP contribution is -2.00. The van der Waals surface area contributed by atoms with E-state index < -0.39 is 0 Å². The van der Waals surface area contributed by atoms with Crippen molar-refractivity contribution in [3.05, 3.63) is 29.8 Å². The number of benzene rings is 1. The second kappa shape index (κ2) is 13.5. The summed E-state index contributed by atoms with van der Waals surface area (Å²) < 4.78 is 4.70. The highest BCUT2D eigenvalue weighted by Crippen LogP contribution is 2.21. The van der Waals surface area contributed by atoms with Crippen molar-refractivity contribution in [2.24, 2.45) is 0 Å². The number of rotatable bonds is 13. The predicted octanol–water partition coefficient (Wildman–Crippen LogP) is 6.49. The van der Waals surface area contributed by atoms with E-state index in [0.717, 1.165) is 5.75 Å². The van der Waals surface area contributed by atoms with Crippen molar-refractivity contribution in [3.63, 3.8) is 0 Å². The maximum atomic E-state index is 11.4. The van der Waals surface area contributed by atoms with Crippen molar-refractivity contribution in [1.82, 2.24) is 0 Å². The Morgan fingerprint density at radius 2 is 1.39 bits per heavy atom. The zero-order valence-corrected chi connectivity index (χ0v) is 15.6. The fourth-order valence-electron chi connectivity index (χ4n) is 2.58. The van der Waals surface area contributed by atoms with Crippen molar-refractivity contribution in [2.45, 2.75) is 76.0 Å². The van der Waals surface area contributed by atoms with Crippen LogP contribution in [0.1, 0.15) is 81.5 Å². The molecule has 0 heterocycles. The topological polar surface area (TPSA) is 26.3 Å². The van der Waals surface area contributed by atoms with Crippen LogP contribution in [0.25, 0.3) is 0 Å². The van der Waals surface area contributed by atoms with Gasteiger partial charge in [0, 0.05) is 4.90 Å². The predicted molar refractivity (Wildman–Crippen MR) is 100 cm³/mol. The largest absolute Gasteiger partial charge is 0.465 e. The molecule has 0 atom stereocenters. The lowest BCUT2D eigenvalue weighted by molar-refractivity contribution is 0.0600. The smallest absolute Gasteiger partial charge is 0.337 e. The molecule has 0 amide bonds. The molecule has 2 nitrogen and oxygen atoms in total. The van der Waals surface area contributed by atoms with E-state index >= 15 is 0 Å². The quantitative estimate of drug-likeness (QED) is 0.234. The third-order valence-corrected chi connectivity index (χ3v) is 5.14. The van der Waals surface area contributed by atoms with Crippen LogP contribution in [0.3, 0.4) is 0 Å². The molecule has 0 aliphatic carbocycles. The Morgan fingerprint density at radius 1 is 0.870 bits per heavy atom. The Bertz CT molecular complexity index is 414. The van der Waals surface area contributed by atoms with Gasteiger partial charge in [-0.05, 0) is 36.4 Å². The van der Waals surface area contributed by atoms with E-state index in [1.54, 1.807) is 0 Å². The minimum Gasteiger partial charge on any atom is -0.465 e. The third kappa shape index (κ3) is 9.70. The van der Waals surface area contributed by atoms with Crippen LogP contribution in [0.15, 0.2) is 29.2 Å². The van der Waals surface area contributed by atoms with Crippen LogP contribution in [0.2, 0.25) is 0 Å². The normalized spacial score (nSPS) is 10.7. The molecule has 0 spiro atoms. The molecule has 0 aliphatic rings. The number of esters is 1. The van der Waals surface area contributed by atoms with E-state index in [-0.39, 0.29) is 5.97 Å². The lowest BCUT2D eigenvalue weighted by atomic mass is 10.1. The van der Waals surface area contributed by atoms with Gasteiger partial charge in [0.25, 0.3) is 0 Å². The number of carbonyl (C=O) groups is 1. The number of hydrogen-bond donors (Lipinski definition) is 0. The van der Waals surface area contributed by atoms with Crippen molar-refractivity contribution in [3.8, 4) is 0 Å². The first-order valence-electron chi connectivity index (χ1n) is 9.09. The summed E-state index contributed by atoms with van der Waals surface area (Å²) in [6.07, 6.45) is 13.8. The van der Waals surface area contributed by atoms with Gasteiger partial charge >= 0.3 is 5.97 Å². The molecule has 0 aliphatic heterocycles. The lowest BCUT2D eigenvalue weighted by Gasteiger charge is -2.04. The average molecular weight is 337 g/mol. The van der Waals surface area contributed by atoms with Crippen molar-refractivity contribution in [1.29, 1.82) is 0 Å². The van der Waals surface area contributed by atoms with Gasteiger partial charge in [-0.1, -0.05) is 64.7 Å². The number of carbonyl (C=O) groups excluding carboxylic acids is 1. The molecule has 1 aromatic carbocycles. The Hall–Kier alpha value is -0.960. The van der Waals surface area contributed by atoms with E-state index in [1.165, 1.54) is 76.2 Å². The summed E-state index contributed by atoms with van der Waals surface area (Å²) >= 11 is 1.87. The second-order valence-electron chi connectivity index (χ2n) is 6.05. The summed E-state index contributed by atoms with van der Waals surface area (Å²) in [5, 5.41) is 0. The molecule has 0 unspecified atom stereocenters. The molecular formula is C20H32O2S. The van der Waals surface area contributed by atoms with E-state index in [9.17, 15) is 4.79 Å². The summed E-state index contributed by atoms with van der Waals surface area (Å²) in [4.78, 5) is 12.6. The van der Waals surface area contributed by atoms with Crippen molar-refractivity contribution >= 4 is 17.7 Å². The number of ether oxygens (including phenoxy) is 1. The molecule has 0 radical (unpaired) electrons. The summed E-state index contributed by atoms with van der Waals surface area (Å²) in [7, 11) is 1.41. The Kier molecular flexibility index (Phi) is 11.8. The van der Waals surface area contributed by atoms with Gasteiger partial charge in [0.2, 0.25) is 0 Å². The fraction of sp³-hybridized carbons (Fsp3) is 0.650. The van der Waals surface area contributed by atoms with E-state index in [1.807, 2.05) is 36.0 Å². The molecule has 0 saturated heterocycles. The minimum atomic E-state index is -0.267. The highest BCUT2D eigenvalue weighted by molar-refractivity contribution is 7.99. The molecule has 1 aromatic rings. The molecule has 23 heavy (non-hydrogen) atoms. The highest BCUT2D eigenvalue weighted by Gasteiger charge is 2.04. The monoisotopic (exact) mass is 336 g/mol. The molecule has 0 fully saturated rings. The molecule has 1 rings (SSSR count). The van der Waals surface area contributed by atoms with Gasteiger partial charge < -0.3 is 4.74 Å². The van der Waals surface area contributed by atoms with Crippen LogP contribution in [-0.4, -0.2) is 18.8 Å². The van der Waals surface area contributed by atoms with Gasteiger partial charge in [-0.25, -0.2) is 4.79 Å². The maximum absolute atomic E-state index is 11.4. The molecular weight excluding hydrogens is 304 g/mol. The maximum Gasteiger partial charge on any atom is 0.337 e. The Morgan fingerprint density at radius 3 is 1.91 bits per heavy atom. The first-order valence-corrected chi connectivity index (χ1v) is 10.1. The van der Waals surface area contributed by atoms with Crippen LogP contribution >= 0.6 is 11.8 Å². The van der Waals surface area contributed by atoms with E-state index in [4.69, 9.17) is 4.74 Å². The third-order valence-electron chi connectivity index (χ3n) is 4.04. The van der Waals surface area contributed by atoms with Gasteiger partial charge in [-0.2, -0.15) is 0 Å². The van der Waals surface area contributed by atoms with Gasteiger partial charge in [0.1, 0.15) is 0 Å². The summed E-state index contributed by atoms with van der Waals surface area (Å²) in [5.74, 6) is 0.893. The average Bonchev–Trinajstić information content (AvgIpc) is 2.59. The molecule has 130 valence electrons. The Labute approximate surface area is 146 Å². The summed E-state index contributed by atoms with van der Waals surface area (Å²) in [6.45, 7) is 2.27. The van der Waals surface area contributed by atoms with Crippen LogP contribution < -0.4 is 0 Å². The van der Waals surface area contributed by atoms with Gasteiger partial charge in [-0.3, -0.25) is 0 Å². The summed E-state index contributed by atoms with van der Waals surface area (Å²) in [6, 6.07) is 7.69. The number of methoxy groups -OCH3 is 1. The standard InChI is InChI=1S/C20H32O2S/c1-3-4-5-6-7-8-9-10-11-12-17-23-19-15-13-18(14-16-19)20(21)22-2/h13-16H,3-12,17H2,1-2H3. The Balaban J connectivity index is 1.97. The molecule has 0 N–H and O–H groups in total. The van der Waals surface area contributed by atoms with Gasteiger partial charge in [0.15, 0.2) is 0 Å². The zero-order chi connectivity index (χ0) is 16.8. The molecule has 0 saturated carbocycles.